The van der Waals surface area contributed by atoms with Gasteiger partial charge in [0.15, 0.2) is 5.16 Å². The van der Waals surface area contributed by atoms with E-state index in [4.69, 9.17) is 0 Å². The molecule has 30 heavy (non-hydrogen) atoms. The fraction of sp³-hybridized carbons (Fsp3) is 0.609. The number of hydrogen-bond donors (Lipinski definition) is 1. The van der Waals surface area contributed by atoms with E-state index >= 15 is 0 Å². The number of anilines is 2. The second-order valence-corrected chi connectivity index (χ2v) is 9.42. The average Bonchev–Trinajstić information content (AvgIpc) is 2.96. The van der Waals surface area contributed by atoms with E-state index < -0.39 is 0 Å². The Bertz CT molecular complexity index is 821. The first-order valence-electron chi connectivity index (χ1n) is 11.4. The van der Waals surface area contributed by atoms with Crippen molar-refractivity contribution in [3.05, 3.63) is 30.1 Å². The molecule has 2 aliphatic rings. The maximum Gasteiger partial charge on any atom is 0.234 e. The number of rotatable bonds is 6. The van der Waals surface area contributed by atoms with Gasteiger partial charge in [0.2, 0.25) is 5.91 Å². The third-order valence-electron chi connectivity index (χ3n) is 6.23. The summed E-state index contributed by atoms with van der Waals surface area (Å²) >= 11 is 1.49. The van der Waals surface area contributed by atoms with Gasteiger partial charge in [0.05, 0.1) is 5.75 Å². The first-order chi connectivity index (χ1) is 14.7. The summed E-state index contributed by atoms with van der Waals surface area (Å²) < 4.78 is 2.24. The van der Waals surface area contributed by atoms with E-state index in [-0.39, 0.29) is 5.91 Å². The van der Waals surface area contributed by atoms with Gasteiger partial charge in [0, 0.05) is 30.5 Å². The van der Waals surface area contributed by atoms with Gasteiger partial charge in [0.1, 0.15) is 5.82 Å². The van der Waals surface area contributed by atoms with Crippen molar-refractivity contribution in [2.75, 3.05) is 29.1 Å². The molecule has 1 amide bonds. The van der Waals surface area contributed by atoms with Crippen molar-refractivity contribution in [2.45, 2.75) is 75.9 Å². The van der Waals surface area contributed by atoms with Gasteiger partial charge in [0.25, 0.3) is 0 Å². The molecule has 1 aliphatic heterocycles. The van der Waals surface area contributed by atoms with Crippen LogP contribution in [0.3, 0.4) is 0 Å². The molecule has 1 saturated heterocycles. The summed E-state index contributed by atoms with van der Waals surface area (Å²) in [7, 11) is 0. The van der Waals surface area contributed by atoms with E-state index in [0.717, 1.165) is 29.8 Å². The molecule has 2 heterocycles. The first kappa shape index (κ1) is 21.2. The Balaban J connectivity index is 1.31. The molecule has 2 aromatic rings. The number of benzene rings is 1. The zero-order valence-electron chi connectivity index (χ0n) is 18.0. The number of carbonyl (C=O) groups is 1. The van der Waals surface area contributed by atoms with Crippen LogP contribution in [0.2, 0.25) is 0 Å². The molecule has 0 bridgehead atoms. The molecular formula is C23H33N5OS. The van der Waals surface area contributed by atoms with E-state index in [1.54, 1.807) is 0 Å². The van der Waals surface area contributed by atoms with Gasteiger partial charge >= 0.3 is 0 Å². The van der Waals surface area contributed by atoms with Crippen LogP contribution in [-0.2, 0) is 4.79 Å². The van der Waals surface area contributed by atoms with Crippen molar-refractivity contribution < 1.29 is 4.79 Å². The summed E-state index contributed by atoms with van der Waals surface area (Å²) in [5.74, 6) is 1.30. The minimum Gasteiger partial charge on any atom is -0.372 e. The minimum absolute atomic E-state index is 0.00151. The van der Waals surface area contributed by atoms with E-state index in [1.165, 1.54) is 75.2 Å². The topological polar surface area (TPSA) is 63.1 Å². The van der Waals surface area contributed by atoms with Gasteiger partial charge in [-0.1, -0.05) is 43.9 Å². The zero-order valence-corrected chi connectivity index (χ0v) is 18.8. The molecule has 4 rings (SSSR count). The second-order valence-electron chi connectivity index (χ2n) is 8.48. The fourth-order valence-corrected chi connectivity index (χ4v) is 5.47. The molecule has 162 valence electrons. The Hall–Kier alpha value is -2.02. The third-order valence-corrected chi connectivity index (χ3v) is 7.17. The number of hydrogen-bond acceptors (Lipinski definition) is 5. The van der Waals surface area contributed by atoms with Crippen LogP contribution in [0.15, 0.2) is 29.4 Å². The maximum atomic E-state index is 12.5. The van der Waals surface area contributed by atoms with Crippen molar-refractivity contribution in [2.24, 2.45) is 0 Å². The van der Waals surface area contributed by atoms with E-state index in [1.807, 2.05) is 19.1 Å². The Morgan fingerprint density at radius 3 is 2.37 bits per heavy atom. The highest BCUT2D eigenvalue weighted by Crippen LogP contribution is 2.32. The summed E-state index contributed by atoms with van der Waals surface area (Å²) in [4.78, 5) is 15.0. The lowest BCUT2D eigenvalue weighted by Gasteiger charge is -2.24. The van der Waals surface area contributed by atoms with Crippen LogP contribution in [0.25, 0.3) is 0 Å². The largest absolute Gasteiger partial charge is 0.372 e. The average molecular weight is 428 g/mol. The number of thioether (sulfide) groups is 1. The lowest BCUT2D eigenvalue weighted by atomic mass is 9.95. The van der Waals surface area contributed by atoms with Crippen molar-refractivity contribution in [1.82, 2.24) is 14.8 Å². The SMILES string of the molecule is Cc1nnc(SCC(=O)Nc2ccc(N3CCCCCC3)cc2)n1C1CCCCC1. The van der Waals surface area contributed by atoms with Crippen LogP contribution in [0.5, 0.6) is 0 Å². The van der Waals surface area contributed by atoms with E-state index in [2.05, 4.69) is 37.1 Å². The maximum absolute atomic E-state index is 12.5. The number of aryl methyl sites for hydroxylation is 1. The van der Waals surface area contributed by atoms with Gasteiger partial charge < -0.3 is 14.8 Å². The van der Waals surface area contributed by atoms with Gasteiger partial charge in [-0.25, -0.2) is 0 Å². The molecule has 2 fully saturated rings. The van der Waals surface area contributed by atoms with Crippen molar-refractivity contribution in [1.29, 1.82) is 0 Å². The van der Waals surface area contributed by atoms with Crippen molar-refractivity contribution >= 4 is 29.0 Å². The van der Waals surface area contributed by atoms with Crippen LogP contribution < -0.4 is 10.2 Å². The summed E-state index contributed by atoms with van der Waals surface area (Å²) in [6.45, 7) is 4.27. The molecule has 0 atom stereocenters. The molecule has 0 radical (unpaired) electrons. The zero-order chi connectivity index (χ0) is 20.8. The molecule has 1 saturated carbocycles. The van der Waals surface area contributed by atoms with Crippen LogP contribution in [0.4, 0.5) is 11.4 Å². The number of aromatic nitrogens is 3. The van der Waals surface area contributed by atoms with Gasteiger partial charge in [-0.15, -0.1) is 10.2 Å². The van der Waals surface area contributed by atoms with E-state index in [0.29, 0.717) is 11.8 Å². The predicted molar refractivity (Wildman–Crippen MR) is 123 cm³/mol. The summed E-state index contributed by atoms with van der Waals surface area (Å²) in [6, 6.07) is 8.74. The monoisotopic (exact) mass is 427 g/mol. The number of nitrogens with zero attached hydrogens (tertiary/aromatic N) is 4. The molecule has 0 spiro atoms. The summed E-state index contributed by atoms with van der Waals surface area (Å²) in [6.07, 6.45) is 11.4. The fourth-order valence-electron chi connectivity index (χ4n) is 4.62. The van der Waals surface area contributed by atoms with Crippen LogP contribution >= 0.6 is 11.8 Å². The molecule has 0 unspecified atom stereocenters. The van der Waals surface area contributed by atoms with E-state index in [9.17, 15) is 4.79 Å². The Labute approximate surface area is 183 Å². The highest BCUT2D eigenvalue weighted by atomic mass is 32.2. The summed E-state index contributed by atoms with van der Waals surface area (Å²) in [5, 5.41) is 12.5. The van der Waals surface area contributed by atoms with Crippen LogP contribution in [0, 0.1) is 6.92 Å². The van der Waals surface area contributed by atoms with Gasteiger partial charge in [-0.3, -0.25) is 4.79 Å². The Morgan fingerprint density at radius 1 is 1.00 bits per heavy atom. The highest BCUT2D eigenvalue weighted by Gasteiger charge is 2.21. The Morgan fingerprint density at radius 2 is 1.67 bits per heavy atom. The predicted octanol–water partition coefficient (Wildman–Crippen LogP) is 5.20. The molecule has 1 aliphatic carbocycles. The second kappa shape index (κ2) is 10.3. The highest BCUT2D eigenvalue weighted by molar-refractivity contribution is 7.99. The quantitative estimate of drug-likeness (QED) is 0.642. The van der Waals surface area contributed by atoms with Crippen LogP contribution in [-0.4, -0.2) is 39.5 Å². The van der Waals surface area contributed by atoms with Crippen LogP contribution in [0.1, 0.15) is 69.7 Å². The first-order valence-corrected chi connectivity index (χ1v) is 12.4. The molecule has 1 aromatic heterocycles. The normalized spacial score (nSPS) is 18.2. The molecule has 1 N–H and O–H groups in total. The number of nitrogens with one attached hydrogen (secondary N) is 1. The smallest absolute Gasteiger partial charge is 0.234 e. The minimum atomic E-state index is -0.00151. The standard InChI is InChI=1S/C23H33N5OS/c1-18-25-26-23(28(18)21-9-5-4-6-10-21)30-17-22(29)24-19-11-13-20(14-12-19)27-15-7-2-3-8-16-27/h11-14,21H,2-10,15-17H2,1H3,(H,24,29). The lowest BCUT2D eigenvalue weighted by Crippen LogP contribution is -2.23. The number of amides is 1. The van der Waals surface area contributed by atoms with Gasteiger partial charge in [-0.05, 0) is 56.9 Å². The summed E-state index contributed by atoms with van der Waals surface area (Å²) in [5.41, 5.74) is 2.10. The van der Waals surface area contributed by atoms with Crippen molar-refractivity contribution in [3.8, 4) is 0 Å². The molecule has 6 nitrogen and oxygen atoms in total. The van der Waals surface area contributed by atoms with Gasteiger partial charge in [-0.2, -0.15) is 0 Å². The molecule has 1 aromatic carbocycles. The van der Waals surface area contributed by atoms with Crippen molar-refractivity contribution in [3.63, 3.8) is 0 Å². The Kier molecular flexibility index (Phi) is 7.31. The lowest BCUT2D eigenvalue weighted by molar-refractivity contribution is -0.113. The number of carbonyl (C=O) groups excluding carboxylic acids is 1. The third kappa shape index (κ3) is 5.36. The molecule has 7 heteroatoms. The molecular weight excluding hydrogens is 394 g/mol.